The second-order valence-corrected chi connectivity index (χ2v) is 6.98. The molecule has 0 saturated heterocycles. The van der Waals surface area contributed by atoms with Crippen LogP contribution in [0.15, 0.2) is 60.9 Å². The van der Waals surface area contributed by atoms with E-state index in [1.807, 2.05) is 36.4 Å². The van der Waals surface area contributed by atoms with Crippen LogP contribution in [-0.4, -0.2) is 27.2 Å². The molecule has 4 nitrogen and oxygen atoms in total. The molecule has 138 valence electrons. The highest BCUT2D eigenvalue weighted by Crippen LogP contribution is 2.30. The van der Waals surface area contributed by atoms with Gasteiger partial charge in [-0.05, 0) is 31.2 Å². The molecule has 1 fully saturated rings. The fourth-order valence-corrected chi connectivity index (χ4v) is 3.54. The Hall–Kier alpha value is -2.79. The van der Waals surface area contributed by atoms with Crippen molar-refractivity contribution < 1.29 is 9.50 Å². The minimum Gasteiger partial charge on any atom is -0.393 e. The Morgan fingerprint density at radius 3 is 2.11 bits per heavy atom. The number of nitrogens with one attached hydrogen (secondary N) is 1. The largest absolute Gasteiger partial charge is 0.393 e. The summed E-state index contributed by atoms with van der Waals surface area (Å²) in [5.41, 5.74) is 2.55. The summed E-state index contributed by atoms with van der Waals surface area (Å²) in [6.07, 6.45) is 6.52. The summed E-state index contributed by atoms with van der Waals surface area (Å²) < 4.78 is 15.1. The molecule has 0 amide bonds. The van der Waals surface area contributed by atoms with Gasteiger partial charge in [0.15, 0.2) is 0 Å². The van der Waals surface area contributed by atoms with Gasteiger partial charge >= 0.3 is 0 Å². The molecule has 0 bridgehead atoms. The number of hydrogen-bond acceptors (Lipinski definition) is 4. The molecule has 0 unspecified atom stereocenters. The van der Waals surface area contributed by atoms with E-state index in [-0.39, 0.29) is 18.0 Å². The fourth-order valence-electron chi connectivity index (χ4n) is 3.54. The van der Waals surface area contributed by atoms with E-state index in [1.54, 1.807) is 24.5 Å². The zero-order valence-corrected chi connectivity index (χ0v) is 15.0. The lowest BCUT2D eigenvalue weighted by atomic mass is 9.93. The lowest BCUT2D eigenvalue weighted by Gasteiger charge is -2.26. The van der Waals surface area contributed by atoms with Gasteiger partial charge in [-0.15, -0.1) is 0 Å². The molecule has 1 aromatic heterocycles. The zero-order valence-electron chi connectivity index (χ0n) is 15.0. The lowest BCUT2D eigenvalue weighted by Crippen LogP contribution is -2.28. The highest BCUT2D eigenvalue weighted by Gasteiger charge is 2.20. The smallest absolute Gasteiger partial charge is 0.222 e. The average Bonchev–Trinajstić information content (AvgIpc) is 2.71. The summed E-state index contributed by atoms with van der Waals surface area (Å²) in [6, 6.07) is 15.2. The van der Waals surface area contributed by atoms with Gasteiger partial charge in [-0.1, -0.05) is 48.5 Å². The number of aromatic nitrogens is 2. The van der Waals surface area contributed by atoms with Gasteiger partial charge in [0.2, 0.25) is 5.95 Å². The monoisotopic (exact) mass is 363 g/mol. The molecule has 3 aromatic rings. The molecule has 0 spiro atoms. The quantitative estimate of drug-likeness (QED) is 0.707. The maximum atomic E-state index is 15.1. The maximum absolute atomic E-state index is 15.1. The summed E-state index contributed by atoms with van der Waals surface area (Å²) in [6.45, 7) is 0. The molecule has 0 aliphatic heterocycles. The molecule has 4 rings (SSSR count). The molecule has 0 radical (unpaired) electrons. The average molecular weight is 363 g/mol. The van der Waals surface area contributed by atoms with Crippen LogP contribution >= 0.6 is 0 Å². The Morgan fingerprint density at radius 2 is 1.44 bits per heavy atom. The van der Waals surface area contributed by atoms with E-state index in [9.17, 15) is 5.11 Å². The molecule has 1 heterocycles. The summed E-state index contributed by atoms with van der Waals surface area (Å²) >= 11 is 0. The predicted molar refractivity (Wildman–Crippen MR) is 105 cm³/mol. The molecule has 2 N–H and O–H groups in total. The van der Waals surface area contributed by atoms with Crippen molar-refractivity contribution in [2.75, 3.05) is 5.32 Å². The number of aliphatic hydroxyl groups excluding tert-OH is 1. The van der Waals surface area contributed by atoms with Gasteiger partial charge in [0.05, 0.1) is 6.10 Å². The highest BCUT2D eigenvalue weighted by molar-refractivity contribution is 5.73. The third-order valence-electron chi connectivity index (χ3n) is 5.08. The van der Waals surface area contributed by atoms with E-state index in [2.05, 4.69) is 15.3 Å². The maximum Gasteiger partial charge on any atom is 0.222 e. The van der Waals surface area contributed by atoms with Crippen LogP contribution in [0.5, 0.6) is 0 Å². The SMILES string of the molecule is OC1CCC(Nc2ncc(-c3cccc(-c4ccccc4)c3F)cn2)CC1. The number of anilines is 1. The van der Waals surface area contributed by atoms with Crippen molar-refractivity contribution in [1.82, 2.24) is 9.97 Å². The molecule has 1 aliphatic carbocycles. The summed E-state index contributed by atoms with van der Waals surface area (Å²) in [5, 5.41) is 12.9. The Morgan fingerprint density at radius 1 is 0.815 bits per heavy atom. The molecular weight excluding hydrogens is 341 g/mol. The van der Waals surface area contributed by atoms with Gasteiger partial charge in [0.25, 0.3) is 0 Å². The van der Waals surface area contributed by atoms with E-state index < -0.39 is 0 Å². The van der Waals surface area contributed by atoms with E-state index in [4.69, 9.17) is 0 Å². The minimum atomic E-state index is -0.269. The third-order valence-corrected chi connectivity index (χ3v) is 5.08. The Labute approximate surface area is 158 Å². The molecule has 0 atom stereocenters. The van der Waals surface area contributed by atoms with Crippen molar-refractivity contribution in [3.8, 4) is 22.3 Å². The first-order chi connectivity index (χ1) is 13.2. The van der Waals surface area contributed by atoms with Gasteiger partial charge < -0.3 is 10.4 Å². The van der Waals surface area contributed by atoms with Gasteiger partial charge in [-0.25, -0.2) is 14.4 Å². The number of rotatable bonds is 4. The fraction of sp³-hybridized carbons (Fsp3) is 0.273. The molecular formula is C22H22FN3O. The van der Waals surface area contributed by atoms with Crippen molar-refractivity contribution in [3.63, 3.8) is 0 Å². The number of hydrogen-bond donors (Lipinski definition) is 2. The van der Waals surface area contributed by atoms with Crippen LogP contribution in [0.3, 0.4) is 0 Å². The van der Waals surface area contributed by atoms with E-state index in [0.717, 1.165) is 31.2 Å². The normalized spacial score (nSPS) is 19.6. The van der Waals surface area contributed by atoms with Crippen molar-refractivity contribution >= 4 is 5.95 Å². The van der Waals surface area contributed by atoms with Crippen LogP contribution in [0, 0.1) is 5.82 Å². The minimum absolute atomic E-state index is 0.189. The van der Waals surface area contributed by atoms with Crippen molar-refractivity contribution in [3.05, 3.63) is 66.7 Å². The van der Waals surface area contributed by atoms with Gasteiger partial charge in [-0.3, -0.25) is 0 Å². The Balaban J connectivity index is 1.54. The number of halogens is 1. The van der Waals surface area contributed by atoms with Crippen molar-refractivity contribution in [2.24, 2.45) is 0 Å². The van der Waals surface area contributed by atoms with Crippen molar-refractivity contribution in [2.45, 2.75) is 37.8 Å². The molecule has 1 aliphatic rings. The standard InChI is InChI=1S/C22H22FN3O/c23-21-19(15-5-2-1-3-6-15)7-4-8-20(21)16-13-24-22(25-14-16)26-17-9-11-18(27)12-10-17/h1-8,13-14,17-18,27H,9-12H2,(H,24,25,26). The van der Waals surface area contributed by atoms with Crippen LogP contribution in [0.2, 0.25) is 0 Å². The molecule has 5 heteroatoms. The molecule has 1 saturated carbocycles. The predicted octanol–water partition coefficient (Wildman–Crippen LogP) is 4.67. The first-order valence-electron chi connectivity index (χ1n) is 9.31. The van der Waals surface area contributed by atoms with Crippen LogP contribution in [-0.2, 0) is 0 Å². The second-order valence-electron chi connectivity index (χ2n) is 6.98. The first-order valence-corrected chi connectivity index (χ1v) is 9.31. The third kappa shape index (κ3) is 3.98. The van der Waals surface area contributed by atoms with E-state index in [1.165, 1.54) is 0 Å². The Kier molecular flexibility index (Phi) is 5.12. The van der Waals surface area contributed by atoms with Gasteiger partial charge in [0, 0.05) is 35.1 Å². The zero-order chi connectivity index (χ0) is 18.6. The number of nitrogens with zero attached hydrogens (tertiary/aromatic N) is 2. The van der Waals surface area contributed by atoms with Crippen LogP contribution in [0.1, 0.15) is 25.7 Å². The lowest BCUT2D eigenvalue weighted by molar-refractivity contribution is 0.126. The summed E-state index contributed by atoms with van der Waals surface area (Å²) in [4.78, 5) is 8.72. The van der Waals surface area contributed by atoms with Crippen LogP contribution < -0.4 is 5.32 Å². The second kappa shape index (κ2) is 7.84. The van der Waals surface area contributed by atoms with Gasteiger partial charge in [-0.2, -0.15) is 0 Å². The molecule has 2 aromatic carbocycles. The molecule has 27 heavy (non-hydrogen) atoms. The first kappa shape index (κ1) is 17.6. The van der Waals surface area contributed by atoms with Crippen LogP contribution in [0.25, 0.3) is 22.3 Å². The number of aliphatic hydroxyl groups is 1. The van der Waals surface area contributed by atoms with E-state index >= 15 is 4.39 Å². The van der Waals surface area contributed by atoms with Crippen LogP contribution in [0.4, 0.5) is 10.3 Å². The number of benzene rings is 2. The summed E-state index contributed by atoms with van der Waals surface area (Å²) in [5.74, 6) is 0.272. The van der Waals surface area contributed by atoms with E-state index in [0.29, 0.717) is 22.6 Å². The van der Waals surface area contributed by atoms with Gasteiger partial charge in [0.1, 0.15) is 5.82 Å². The highest BCUT2D eigenvalue weighted by atomic mass is 19.1. The van der Waals surface area contributed by atoms with Crippen molar-refractivity contribution in [1.29, 1.82) is 0 Å². The summed E-state index contributed by atoms with van der Waals surface area (Å²) in [7, 11) is 0. The topological polar surface area (TPSA) is 58.0 Å². The Bertz CT molecular complexity index is 891.